The average molecular weight is 232 g/mol. The van der Waals surface area contributed by atoms with Crippen LogP contribution in [-0.4, -0.2) is 41.3 Å². The molecule has 1 fully saturated rings. The van der Waals surface area contributed by atoms with Gasteiger partial charge in [-0.2, -0.15) is 0 Å². The van der Waals surface area contributed by atoms with Crippen LogP contribution in [0.5, 0.6) is 0 Å². The monoisotopic (exact) mass is 232 g/mol. The number of hydrogen-bond donors (Lipinski definition) is 2. The third-order valence-electron chi connectivity index (χ3n) is 2.72. The molecule has 0 aromatic rings. The van der Waals surface area contributed by atoms with Crippen molar-refractivity contribution in [2.45, 2.75) is 25.8 Å². The van der Waals surface area contributed by atoms with Crippen molar-refractivity contribution in [1.29, 1.82) is 0 Å². The number of hydrogen-bond acceptors (Lipinski definition) is 3. The molecule has 4 nitrogen and oxygen atoms in total. The maximum Gasteiger partial charge on any atom is 0.237 e. The molecule has 1 amide bonds. The van der Waals surface area contributed by atoms with E-state index in [4.69, 9.17) is 0 Å². The van der Waals surface area contributed by atoms with E-state index < -0.39 is 10.8 Å². The van der Waals surface area contributed by atoms with Gasteiger partial charge in [0.2, 0.25) is 5.91 Å². The fraction of sp³-hybridized carbons (Fsp3) is 0.900. The Morgan fingerprint density at radius 2 is 2.33 bits per heavy atom. The second-order valence-electron chi connectivity index (χ2n) is 4.12. The van der Waals surface area contributed by atoms with Crippen molar-refractivity contribution in [3.05, 3.63) is 0 Å². The van der Waals surface area contributed by atoms with E-state index in [2.05, 4.69) is 17.6 Å². The summed E-state index contributed by atoms with van der Waals surface area (Å²) in [5, 5.41) is 6.06. The zero-order valence-corrected chi connectivity index (χ0v) is 10.2. The van der Waals surface area contributed by atoms with Gasteiger partial charge < -0.3 is 10.6 Å². The van der Waals surface area contributed by atoms with Crippen LogP contribution in [0.25, 0.3) is 0 Å². The summed E-state index contributed by atoms with van der Waals surface area (Å²) in [6.07, 6.45) is 3.54. The van der Waals surface area contributed by atoms with Gasteiger partial charge in [-0.25, -0.2) is 0 Å². The lowest BCUT2D eigenvalue weighted by molar-refractivity contribution is -0.123. The first-order valence-electron chi connectivity index (χ1n) is 5.42. The first kappa shape index (κ1) is 12.6. The molecule has 88 valence electrons. The lowest BCUT2D eigenvalue weighted by Gasteiger charge is -2.15. The maximum absolute atomic E-state index is 11.7. The quantitative estimate of drug-likeness (QED) is 0.649. The second-order valence-corrected chi connectivity index (χ2v) is 5.67. The van der Waals surface area contributed by atoms with E-state index in [9.17, 15) is 9.00 Å². The zero-order valence-electron chi connectivity index (χ0n) is 9.41. The summed E-state index contributed by atoms with van der Waals surface area (Å²) in [6, 6.07) is -0.0304. The topological polar surface area (TPSA) is 58.2 Å². The van der Waals surface area contributed by atoms with Crippen LogP contribution >= 0.6 is 0 Å². The molecule has 0 bridgehead atoms. The Morgan fingerprint density at radius 1 is 1.60 bits per heavy atom. The van der Waals surface area contributed by atoms with E-state index in [1.165, 1.54) is 0 Å². The van der Waals surface area contributed by atoms with Gasteiger partial charge in [-0.15, -0.1) is 0 Å². The van der Waals surface area contributed by atoms with E-state index in [-0.39, 0.29) is 11.9 Å². The van der Waals surface area contributed by atoms with E-state index in [1.807, 2.05) is 0 Å². The number of rotatable bonds is 5. The summed E-state index contributed by atoms with van der Waals surface area (Å²) in [7, 11) is -0.756. The van der Waals surface area contributed by atoms with Crippen LogP contribution in [0.15, 0.2) is 0 Å². The molecule has 1 rings (SSSR count). The molecular weight excluding hydrogens is 212 g/mol. The van der Waals surface area contributed by atoms with Crippen LogP contribution in [0.3, 0.4) is 0 Å². The van der Waals surface area contributed by atoms with Crippen molar-refractivity contribution < 1.29 is 9.00 Å². The molecule has 0 radical (unpaired) electrons. The predicted octanol–water partition coefficient (Wildman–Crippen LogP) is -0.131. The highest BCUT2D eigenvalue weighted by molar-refractivity contribution is 7.84. The fourth-order valence-electron chi connectivity index (χ4n) is 1.78. The molecule has 3 atom stereocenters. The van der Waals surface area contributed by atoms with Crippen LogP contribution in [0.1, 0.15) is 19.8 Å². The molecule has 15 heavy (non-hydrogen) atoms. The van der Waals surface area contributed by atoms with Gasteiger partial charge in [-0.3, -0.25) is 9.00 Å². The van der Waals surface area contributed by atoms with Gasteiger partial charge in [0.05, 0.1) is 6.04 Å². The summed E-state index contributed by atoms with van der Waals surface area (Å²) < 4.78 is 10.8. The molecule has 2 N–H and O–H groups in total. The van der Waals surface area contributed by atoms with Gasteiger partial charge >= 0.3 is 0 Å². The van der Waals surface area contributed by atoms with Crippen molar-refractivity contribution in [2.24, 2.45) is 5.92 Å². The first-order valence-corrected chi connectivity index (χ1v) is 7.15. The summed E-state index contributed by atoms with van der Waals surface area (Å²) >= 11 is 0. The highest BCUT2D eigenvalue weighted by atomic mass is 32.2. The minimum Gasteiger partial charge on any atom is -0.355 e. The van der Waals surface area contributed by atoms with E-state index in [0.29, 0.717) is 18.2 Å². The molecule has 1 heterocycles. The normalized spacial score (nSPS) is 27.6. The van der Waals surface area contributed by atoms with Gasteiger partial charge in [0.15, 0.2) is 0 Å². The smallest absolute Gasteiger partial charge is 0.237 e. The highest BCUT2D eigenvalue weighted by Crippen LogP contribution is 2.13. The van der Waals surface area contributed by atoms with Gasteiger partial charge in [-0.05, 0) is 25.3 Å². The summed E-state index contributed by atoms with van der Waals surface area (Å²) in [6.45, 7) is 3.65. The Labute approximate surface area is 93.7 Å². The molecular formula is C10H20N2O2S. The minimum atomic E-state index is -0.756. The number of nitrogens with one attached hydrogen (secondary N) is 2. The molecule has 0 spiro atoms. The third-order valence-corrected chi connectivity index (χ3v) is 3.59. The second kappa shape index (κ2) is 6.23. The molecule has 0 aromatic heterocycles. The predicted molar refractivity (Wildman–Crippen MR) is 62.1 cm³/mol. The molecule has 1 saturated heterocycles. The van der Waals surface area contributed by atoms with Crippen LogP contribution in [0.2, 0.25) is 0 Å². The molecule has 3 unspecified atom stereocenters. The van der Waals surface area contributed by atoms with Crippen LogP contribution in [0, 0.1) is 5.92 Å². The minimum absolute atomic E-state index is 0.0304. The maximum atomic E-state index is 11.7. The lowest BCUT2D eigenvalue weighted by Crippen LogP contribution is -2.43. The van der Waals surface area contributed by atoms with E-state index >= 15 is 0 Å². The van der Waals surface area contributed by atoms with Crippen molar-refractivity contribution in [3.63, 3.8) is 0 Å². The molecule has 1 aliphatic heterocycles. The van der Waals surface area contributed by atoms with Crippen LogP contribution in [-0.2, 0) is 15.6 Å². The highest BCUT2D eigenvalue weighted by Gasteiger charge is 2.28. The van der Waals surface area contributed by atoms with Crippen LogP contribution < -0.4 is 10.6 Å². The third kappa shape index (κ3) is 4.30. The van der Waals surface area contributed by atoms with E-state index in [1.54, 1.807) is 6.26 Å². The zero-order chi connectivity index (χ0) is 11.3. The number of amides is 1. The van der Waals surface area contributed by atoms with E-state index in [0.717, 1.165) is 19.4 Å². The van der Waals surface area contributed by atoms with Crippen molar-refractivity contribution >= 4 is 16.7 Å². The fourth-order valence-corrected chi connectivity index (χ4v) is 2.33. The molecule has 0 aliphatic carbocycles. The Hall–Kier alpha value is -0.420. The molecule has 1 aliphatic rings. The Morgan fingerprint density at radius 3 is 2.87 bits per heavy atom. The molecule has 0 saturated carbocycles. The number of carbonyl (C=O) groups is 1. The summed E-state index contributed by atoms with van der Waals surface area (Å²) in [5.74, 6) is 1.17. The largest absolute Gasteiger partial charge is 0.355 e. The van der Waals surface area contributed by atoms with Crippen molar-refractivity contribution in [2.75, 3.05) is 25.1 Å². The molecule has 0 aromatic carbocycles. The van der Waals surface area contributed by atoms with Crippen LogP contribution in [0.4, 0.5) is 0 Å². The van der Waals surface area contributed by atoms with Crippen molar-refractivity contribution in [3.8, 4) is 0 Å². The van der Waals surface area contributed by atoms with Gasteiger partial charge in [0, 0.05) is 29.4 Å². The van der Waals surface area contributed by atoms with Gasteiger partial charge in [-0.1, -0.05) is 6.92 Å². The van der Waals surface area contributed by atoms with Gasteiger partial charge in [0.1, 0.15) is 0 Å². The SMILES string of the molecule is CC1CCNC1C(=O)NCCCS(C)=O. The van der Waals surface area contributed by atoms with Crippen molar-refractivity contribution in [1.82, 2.24) is 10.6 Å². The Balaban J connectivity index is 2.15. The standard InChI is InChI=1S/C10H20N2O2S/c1-8-4-6-11-9(8)10(13)12-5-3-7-15(2)14/h8-9,11H,3-7H2,1-2H3,(H,12,13). The first-order chi connectivity index (χ1) is 7.11. The lowest BCUT2D eigenvalue weighted by atomic mass is 10.0. The van der Waals surface area contributed by atoms with Gasteiger partial charge in [0.25, 0.3) is 0 Å². The number of carbonyl (C=O) groups excluding carboxylic acids is 1. The molecule has 5 heteroatoms. The average Bonchev–Trinajstić information content (AvgIpc) is 2.58. The summed E-state index contributed by atoms with van der Waals surface area (Å²) in [5.41, 5.74) is 0. The summed E-state index contributed by atoms with van der Waals surface area (Å²) in [4.78, 5) is 11.7. The Kier molecular flexibility index (Phi) is 5.25. The Bertz CT molecular complexity index is 246.